The fraction of sp³-hybridized carbons (Fsp3) is 0.0588. The van der Waals surface area contributed by atoms with Crippen molar-refractivity contribution in [2.75, 3.05) is 0 Å². The first kappa shape index (κ1) is 54.8. The smallest absolute Gasteiger partial charge is 0.357 e. The fourth-order valence-corrected chi connectivity index (χ4v) is 10.9. The van der Waals surface area contributed by atoms with E-state index in [0.29, 0.717) is 91.8 Å². The van der Waals surface area contributed by atoms with Gasteiger partial charge in [0.1, 0.15) is 0 Å². The summed E-state index contributed by atoms with van der Waals surface area (Å²) in [6.07, 6.45) is 0. The van der Waals surface area contributed by atoms with Gasteiger partial charge in [-0.05, 0) is 43.1 Å². The molecule has 418 valence electrons. The molecule has 0 N–H and O–H groups in total. The molecule has 16 nitrogen and oxygen atoms in total. The molecule has 0 spiro atoms. The standard InChI is InChI=1S/2C32H16N8.2C2H6.2Cu/c2*1-2-10-18-17(9-1)25-33-26(18)38-28-21-13-5-6-14-22(21)30(35-28)40-32-24-16-8-7-15-23(24)31(36-32)39-29-20-12-4-3-11-19(20)27(34-29)37-25;2*1-2;;/h2*1-16H;2*1-2H3;;/q2*-2;;;2*+2. The van der Waals surface area contributed by atoms with Crippen LogP contribution in [0.25, 0.3) is 179 Å². The van der Waals surface area contributed by atoms with E-state index in [0.717, 1.165) is 87.6 Å². The zero-order valence-electron chi connectivity index (χ0n) is 46.2. The average molecular weight is 1210 g/mol. The Balaban J connectivity index is 0.000000148. The predicted octanol–water partition coefficient (Wildman–Crippen LogP) is 14.3. The van der Waals surface area contributed by atoms with Gasteiger partial charge in [0.2, 0.25) is 0 Å². The topological polar surface area (TPSA) is 211 Å². The van der Waals surface area contributed by atoms with Crippen molar-refractivity contribution in [3.05, 3.63) is 194 Å². The third kappa shape index (κ3) is 9.15. The molecule has 4 aliphatic rings. The average Bonchev–Trinajstić information content (AvgIpc) is 1.80. The van der Waals surface area contributed by atoms with Gasteiger partial charge in [-0.25, -0.2) is 19.9 Å². The largest absolute Gasteiger partial charge is 2.00 e. The molecule has 0 aliphatic carbocycles. The molecular formula is C68H44Cu2N16. The van der Waals surface area contributed by atoms with E-state index < -0.39 is 0 Å². The van der Waals surface area contributed by atoms with Crippen molar-refractivity contribution in [3.8, 4) is 91.1 Å². The van der Waals surface area contributed by atoms with E-state index in [1.54, 1.807) is 0 Å². The van der Waals surface area contributed by atoms with Gasteiger partial charge >= 0.3 is 34.1 Å². The molecule has 14 aromatic rings. The molecule has 10 heterocycles. The van der Waals surface area contributed by atoms with Crippen LogP contribution in [0.3, 0.4) is 0 Å². The Bertz CT molecular complexity index is 4400. The maximum atomic E-state index is 4.95. The Labute approximate surface area is 511 Å². The van der Waals surface area contributed by atoms with Crippen LogP contribution in [-0.2, 0) is 34.1 Å². The van der Waals surface area contributed by atoms with Crippen molar-refractivity contribution >= 4 is 88.3 Å². The van der Waals surface area contributed by atoms with Gasteiger partial charge in [-0.2, -0.15) is 0 Å². The summed E-state index contributed by atoms with van der Waals surface area (Å²) < 4.78 is 0. The van der Waals surface area contributed by atoms with Gasteiger partial charge in [0.05, 0.1) is 46.6 Å². The van der Waals surface area contributed by atoms with E-state index >= 15 is 0 Å². The summed E-state index contributed by atoms with van der Waals surface area (Å²) in [4.78, 5) is 78.5. The molecule has 6 aromatic heterocycles. The number of rotatable bonds is 0. The molecule has 18 rings (SSSR count). The maximum absolute atomic E-state index is 4.95. The molecule has 86 heavy (non-hydrogen) atoms. The minimum Gasteiger partial charge on any atom is -0.357 e. The number of benzene rings is 8. The van der Waals surface area contributed by atoms with Crippen molar-refractivity contribution in [2.24, 2.45) is 0 Å². The van der Waals surface area contributed by atoms with Gasteiger partial charge in [0.25, 0.3) is 0 Å². The molecular weight excluding hydrogens is 1170 g/mol. The van der Waals surface area contributed by atoms with Gasteiger partial charge < -0.3 is 59.8 Å². The second-order valence-electron chi connectivity index (χ2n) is 19.3. The molecule has 0 saturated heterocycles. The predicted molar refractivity (Wildman–Crippen MR) is 331 cm³/mol. The van der Waals surface area contributed by atoms with Crippen molar-refractivity contribution in [2.45, 2.75) is 27.7 Å². The Morgan fingerprint density at radius 3 is 0.419 bits per heavy atom. The Morgan fingerprint density at radius 1 is 0.174 bits per heavy atom. The molecule has 0 amide bonds. The number of nitrogens with zero attached hydrogens (tertiary/aromatic N) is 16. The zero-order valence-corrected chi connectivity index (χ0v) is 48.1. The summed E-state index contributed by atoms with van der Waals surface area (Å²) >= 11 is 0. The van der Waals surface area contributed by atoms with Crippen LogP contribution in [0.15, 0.2) is 194 Å². The van der Waals surface area contributed by atoms with Crippen LogP contribution >= 0.6 is 0 Å². The SMILES string of the molecule is CC.CC.[Cu+2].[Cu+2].c1ccc2c(c1)-c1nc-2nc2[n-]c(nc3nc(nc4[n-]c(n1)c1ccccc41)-c1ccccc1-3)c1ccccc21.c1ccc2c(c1)-c1nc-2nc2[n-]c(nc3nc(nc4[n-]c(n1)c1ccccc41)-c1ccccc1-3)c1ccccc21. The molecule has 4 aliphatic heterocycles. The van der Waals surface area contributed by atoms with Gasteiger partial charge in [0.15, 0.2) is 0 Å². The fourth-order valence-electron chi connectivity index (χ4n) is 10.9. The van der Waals surface area contributed by atoms with E-state index in [2.05, 4.69) is 0 Å². The molecule has 2 radical (unpaired) electrons. The van der Waals surface area contributed by atoms with Crippen molar-refractivity contribution in [3.63, 3.8) is 0 Å². The second-order valence-corrected chi connectivity index (χ2v) is 19.3. The van der Waals surface area contributed by atoms with Crippen molar-refractivity contribution < 1.29 is 34.1 Å². The number of hydrogen-bond acceptors (Lipinski definition) is 12. The van der Waals surface area contributed by atoms with Crippen LogP contribution in [-0.4, -0.2) is 59.8 Å². The van der Waals surface area contributed by atoms with Crippen LogP contribution in [0.2, 0.25) is 0 Å². The van der Waals surface area contributed by atoms with Crippen LogP contribution in [0.1, 0.15) is 27.7 Å². The van der Waals surface area contributed by atoms with E-state index in [1.807, 2.05) is 222 Å². The monoisotopic (exact) mass is 1210 g/mol. The van der Waals surface area contributed by atoms with Crippen LogP contribution in [0.4, 0.5) is 0 Å². The molecule has 16 bridgehead atoms. The minimum atomic E-state index is 0. The summed E-state index contributed by atoms with van der Waals surface area (Å²) in [6, 6.07) is 63.7. The van der Waals surface area contributed by atoms with Gasteiger partial charge in [-0.3, -0.25) is 0 Å². The molecule has 0 fully saturated rings. The second kappa shape index (κ2) is 22.6. The summed E-state index contributed by atoms with van der Waals surface area (Å²) in [5, 5.41) is 7.15. The molecule has 0 atom stereocenters. The summed E-state index contributed by atoms with van der Waals surface area (Å²) in [6.45, 7) is 8.00. The summed E-state index contributed by atoms with van der Waals surface area (Å²) in [5.41, 5.74) is 11.6. The Kier molecular flexibility index (Phi) is 14.4. The number of hydrogen-bond donors (Lipinski definition) is 0. The first-order valence-electron chi connectivity index (χ1n) is 27.8. The number of fused-ring (bicyclic) bond motifs is 40. The zero-order chi connectivity index (χ0) is 56.4. The normalized spacial score (nSPS) is 11.3. The minimum absolute atomic E-state index is 0. The molecule has 18 heteroatoms. The van der Waals surface area contributed by atoms with Gasteiger partial charge in [-0.15, -0.1) is 0 Å². The third-order valence-electron chi connectivity index (χ3n) is 14.7. The van der Waals surface area contributed by atoms with Crippen LogP contribution < -0.4 is 19.9 Å². The Hall–Kier alpha value is -10.5. The first-order valence-corrected chi connectivity index (χ1v) is 27.8. The van der Waals surface area contributed by atoms with Gasteiger partial charge in [-0.1, -0.05) is 222 Å². The molecule has 0 saturated carbocycles. The van der Waals surface area contributed by atoms with Crippen LogP contribution in [0.5, 0.6) is 0 Å². The molecule has 8 aromatic carbocycles. The first-order chi connectivity index (χ1) is 41.6. The van der Waals surface area contributed by atoms with E-state index in [9.17, 15) is 0 Å². The summed E-state index contributed by atoms with van der Waals surface area (Å²) in [5.74, 6) is 4.42. The number of aromatic nitrogens is 16. The third-order valence-corrected chi connectivity index (χ3v) is 14.7. The summed E-state index contributed by atoms with van der Waals surface area (Å²) in [7, 11) is 0. The van der Waals surface area contributed by atoms with Gasteiger partial charge in [0, 0.05) is 89.7 Å². The van der Waals surface area contributed by atoms with E-state index in [-0.39, 0.29) is 34.1 Å². The Morgan fingerprint density at radius 2 is 0.291 bits per heavy atom. The molecule has 0 unspecified atom stereocenters. The maximum Gasteiger partial charge on any atom is 2.00 e. The van der Waals surface area contributed by atoms with Crippen LogP contribution in [0, 0.1) is 0 Å². The quantitative estimate of drug-likeness (QED) is 0.129. The van der Waals surface area contributed by atoms with E-state index in [4.69, 9.17) is 79.7 Å². The van der Waals surface area contributed by atoms with Crippen molar-refractivity contribution in [1.29, 1.82) is 0 Å². The van der Waals surface area contributed by atoms with E-state index in [1.165, 1.54) is 0 Å². The van der Waals surface area contributed by atoms with Crippen molar-refractivity contribution in [1.82, 2.24) is 79.7 Å².